The van der Waals surface area contributed by atoms with E-state index in [0.29, 0.717) is 17.4 Å². The van der Waals surface area contributed by atoms with Crippen molar-refractivity contribution in [1.29, 1.82) is 0 Å². The molecule has 1 aromatic carbocycles. The molecule has 5 nitrogen and oxygen atoms in total. The Morgan fingerprint density at radius 3 is 2.59 bits per heavy atom. The van der Waals surface area contributed by atoms with Gasteiger partial charge >= 0.3 is 6.18 Å². The predicted octanol–water partition coefficient (Wildman–Crippen LogP) is 4.96. The second-order valence-electron chi connectivity index (χ2n) is 9.70. The molecule has 1 aromatic rings. The summed E-state index contributed by atoms with van der Waals surface area (Å²) in [6.07, 6.45) is -0.237. The summed E-state index contributed by atoms with van der Waals surface area (Å²) >= 11 is 0. The molecule has 8 heteroatoms. The molecule has 2 aliphatic heterocycles. The van der Waals surface area contributed by atoms with Crippen LogP contribution in [0.15, 0.2) is 18.2 Å². The van der Waals surface area contributed by atoms with Crippen LogP contribution < -0.4 is 4.74 Å². The highest BCUT2D eigenvalue weighted by Gasteiger charge is 2.51. The first kappa shape index (κ1) is 22.9. The molecule has 174 valence electrons. The number of likely N-dealkylation sites (tertiary alicyclic amines) is 1. The van der Waals surface area contributed by atoms with Crippen LogP contribution in [0.3, 0.4) is 0 Å². The zero-order chi connectivity index (χ0) is 23.1. The van der Waals surface area contributed by atoms with Gasteiger partial charge in [0.2, 0.25) is 11.9 Å². The molecule has 0 bridgehead atoms. The van der Waals surface area contributed by atoms with Crippen molar-refractivity contribution in [2.24, 2.45) is 11.3 Å². The molecule has 1 amide bonds. The number of ether oxygens (including phenoxy) is 1. The summed E-state index contributed by atoms with van der Waals surface area (Å²) in [5.41, 5.74) is -0.866. The lowest BCUT2D eigenvalue weighted by Crippen LogP contribution is -2.49. The monoisotopic (exact) mass is 449 g/mol. The zero-order valence-corrected chi connectivity index (χ0v) is 18.6. The van der Waals surface area contributed by atoms with Gasteiger partial charge in [0.1, 0.15) is 5.75 Å². The number of alkyl halides is 3. The smallest absolute Gasteiger partial charge is 0.416 e. The molecule has 0 radical (unpaired) electrons. The van der Waals surface area contributed by atoms with Gasteiger partial charge in [0.15, 0.2) is 6.73 Å². The maximum Gasteiger partial charge on any atom is 0.416 e. The fourth-order valence-electron chi connectivity index (χ4n) is 5.57. The second-order valence-corrected chi connectivity index (χ2v) is 9.70. The van der Waals surface area contributed by atoms with Crippen LogP contribution in [-0.2, 0) is 17.5 Å². The van der Waals surface area contributed by atoms with Crippen LogP contribution in [0.4, 0.5) is 13.2 Å². The van der Waals surface area contributed by atoms with Gasteiger partial charge < -0.3 is 14.5 Å². The van der Waals surface area contributed by atoms with Crippen molar-refractivity contribution >= 4 is 5.91 Å². The lowest BCUT2D eigenvalue weighted by Gasteiger charge is -2.40. The Hall–Kier alpha value is -2.27. The van der Waals surface area contributed by atoms with E-state index in [9.17, 15) is 18.0 Å². The number of nitrogens with zero attached hydrogens (tertiary/aromatic N) is 3. The van der Waals surface area contributed by atoms with Gasteiger partial charge in [-0.15, -0.1) is 0 Å². The highest BCUT2D eigenvalue weighted by molar-refractivity contribution is 5.83. The maximum atomic E-state index is 13.7. The molecule has 0 N–H and O–H groups in total. The third-order valence-corrected chi connectivity index (χ3v) is 7.66. The largest absolute Gasteiger partial charge is 0.473 e. The van der Waals surface area contributed by atoms with Crippen molar-refractivity contribution in [2.75, 3.05) is 19.8 Å². The van der Waals surface area contributed by atoms with E-state index >= 15 is 0 Å². The minimum atomic E-state index is -4.43. The molecule has 1 aliphatic carbocycles. The van der Waals surface area contributed by atoms with Crippen molar-refractivity contribution < 1.29 is 22.7 Å². The topological polar surface area (TPSA) is 37.1 Å². The van der Waals surface area contributed by atoms with Gasteiger partial charge in [-0.2, -0.15) is 13.2 Å². The van der Waals surface area contributed by atoms with Crippen molar-refractivity contribution in [1.82, 2.24) is 9.80 Å². The molecule has 2 fully saturated rings. The summed E-state index contributed by atoms with van der Waals surface area (Å²) < 4.78 is 45.1. The van der Waals surface area contributed by atoms with E-state index in [-0.39, 0.29) is 31.1 Å². The number of halogens is 3. The summed E-state index contributed by atoms with van der Waals surface area (Å²) in [5.74, 6) is 0.505. The first-order chi connectivity index (χ1) is 15.1. The van der Waals surface area contributed by atoms with Gasteiger partial charge in [0.05, 0.1) is 17.5 Å². The van der Waals surface area contributed by atoms with Crippen LogP contribution >= 0.6 is 0 Å². The van der Waals surface area contributed by atoms with Crippen molar-refractivity contribution in [3.63, 3.8) is 0 Å². The number of fused-ring (bicyclic) bond motifs is 1. The van der Waals surface area contributed by atoms with E-state index in [1.54, 1.807) is 4.90 Å². The first-order valence-corrected chi connectivity index (χ1v) is 11.4. The number of benzene rings is 1. The Bertz CT molecular complexity index is 903. The van der Waals surface area contributed by atoms with Gasteiger partial charge in [-0.3, -0.25) is 9.69 Å². The summed E-state index contributed by atoms with van der Waals surface area (Å²) in [4.78, 5) is 21.4. The van der Waals surface area contributed by atoms with Gasteiger partial charge in [-0.1, -0.05) is 13.8 Å². The van der Waals surface area contributed by atoms with Crippen LogP contribution in [0.1, 0.15) is 57.1 Å². The Balaban J connectivity index is 1.49. The summed E-state index contributed by atoms with van der Waals surface area (Å²) in [6, 6.07) is 3.87. The van der Waals surface area contributed by atoms with Crippen LogP contribution in [0, 0.1) is 17.9 Å². The summed E-state index contributed by atoms with van der Waals surface area (Å²) in [6.45, 7) is 13.3. The Kier molecular flexibility index (Phi) is 6.15. The Labute approximate surface area is 187 Å². The lowest BCUT2D eigenvalue weighted by atomic mass is 9.74. The highest BCUT2D eigenvalue weighted by Crippen LogP contribution is 2.48. The molecule has 4 rings (SSSR count). The molecule has 2 atom stereocenters. The first-order valence-electron chi connectivity index (χ1n) is 11.4. The third kappa shape index (κ3) is 4.19. The van der Waals surface area contributed by atoms with E-state index in [1.807, 2.05) is 0 Å². The average Bonchev–Trinajstić information content (AvgIpc) is 3.24. The van der Waals surface area contributed by atoms with Gasteiger partial charge in [0.25, 0.3) is 0 Å². The van der Waals surface area contributed by atoms with Crippen LogP contribution in [0.25, 0.3) is 4.85 Å². The van der Waals surface area contributed by atoms with Gasteiger partial charge in [-0.05, 0) is 43.4 Å². The number of hydrogen-bond donors (Lipinski definition) is 0. The number of rotatable bonds is 3. The van der Waals surface area contributed by atoms with Crippen LogP contribution in [-0.4, -0.2) is 47.6 Å². The van der Waals surface area contributed by atoms with E-state index < -0.39 is 17.2 Å². The fraction of sp³-hybridized carbons (Fsp3) is 0.667. The fourth-order valence-corrected chi connectivity index (χ4v) is 5.57. The minimum absolute atomic E-state index is 0.0193. The van der Waals surface area contributed by atoms with Gasteiger partial charge in [0, 0.05) is 37.5 Å². The average molecular weight is 450 g/mol. The Morgan fingerprint density at radius 2 is 1.97 bits per heavy atom. The second kappa shape index (κ2) is 8.58. The van der Waals surface area contributed by atoms with E-state index in [4.69, 9.17) is 11.3 Å². The molecule has 32 heavy (non-hydrogen) atoms. The van der Waals surface area contributed by atoms with E-state index in [1.165, 1.54) is 6.07 Å². The number of piperidine rings is 1. The molecular formula is C24H30F3N3O2. The SMILES string of the molecule is [C-]#[N+]C1CCN([C@@H]2CC[C@@](C(=O)N3COc4ccc(C(F)(F)F)cc4C3)(C(C)C)C2)CC1. The highest BCUT2D eigenvalue weighted by atomic mass is 19.4. The number of hydrogen-bond acceptors (Lipinski definition) is 3. The van der Waals surface area contributed by atoms with E-state index in [2.05, 4.69) is 23.6 Å². The molecule has 3 aliphatic rings. The van der Waals surface area contributed by atoms with Crippen molar-refractivity contribution in [2.45, 2.75) is 70.8 Å². The standard InChI is InChI=1S/C24H30F3N3O2/c1-16(2)23(9-6-20(13-23)29-10-7-19(28-3)8-11-29)22(31)30-14-17-12-18(24(25,26)27)4-5-21(17)32-15-30/h4-5,12,16,19-20H,6-11,13-15H2,1-2H3/t20-,23+/m1/s1. The molecule has 0 aromatic heterocycles. The van der Waals surface area contributed by atoms with Crippen molar-refractivity contribution in [3.05, 3.63) is 40.7 Å². The molecule has 2 heterocycles. The van der Waals surface area contributed by atoms with E-state index in [0.717, 1.165) is 57.3 Å². The minimum Gasteiger partial charge on any atom is -0.473 e. The third-order valence-electron chi connectivity index (χ3n) is 7.66. The summed E-state index contributed by atoms with van der Waals surface area (Å²) in [7, 11) is 0. The molecule has 1 saturated carbocycles. The quantitative estimate of drug-likeness (QED) is 0.612. The predicted molar refractivity (Wildman–Crippen MR) is 114 cm³/mol. The zero-order valence-electron chi connectivity index (χ0n) is 18.6. The summed E-state index contributed by atoms with van der Waals surface area (Å²) in [5, 5.41) is 0. The van der Waals surface area contributed by atoms with Crippen LogP contribution in [0.5, 0.6) is 5.75 Å². The van der Waals surface area contributed by atoms with Gasteiger partial charge in [-0.25, -0.2) is 6.57 Å². The number of carbonyl (C=O) groups is 1. The normalized spacial score (nSPS) is 27.2. The molecule has 1 saturated heterocycles. The molecule has 0 spiro atoms. The van der Waals surface area contributed by atoms with Crippen molar-refractivity contribution in [3.8, 4) is 5.75 Å². The molecule has 0 unspecified atom stereocenters. The number of amides is 1. The lowest BCUT2D eigenvalue weighted by molar-refractivity contribution is -0.150. The molecular weight excluding hydrogens is 419 g/mol. The Morgan fingerprint density at radius 1 is 1.25 bits per heavy atom. The maximum absolute atomic E-state index is 13.7. The number of carbonyl (C=O) groups excluding carboxylic acids is 1. The van der Waals surface area contributed by atoms with Crippen LogP contribution in [0.2, 0.25) is 0 Å².